The summed E-state index contributed by atoms with van der Waals surface area (Å²) in [6.07, 6.45) is 1.79. The molecule has 0 unspecified atom stereocenters. The second kappa shape index (κ2) is 7.57. The SMILES string of the molecule is Cc1ncccc1OCc1cc(CNCC(C)C)sc1C. The Morgan fingerprint density at radius 3 is 2.86 bits per heavy atom. The number of aromatic nitrogens is 1. The maximum absolute atomic E-state index is 5.88. The highest BCUT2D eigenvalue weighted by Crippen LogP contribution is 2.24. The molecule has 21 heavy (non-hydrogen) atoms. The van der Waals surface area contributed by atoms with Crippen molar-refractivity contribution in [2.75, 3.05) is 6.54 Å². The van der Waals surface area contributed by atoms with Gasteiger partial charge in [-0.25, -0.2) is 0 Å². The van der Waals surface area contributed by atoms with Crippen molar-refractivity contribution in [1.29, 1.82) is 0 Å². The van der Waals surface area contributed by atoms with Crippen LogP contribution in [0.5, 0.6) is 5.75 Å². The Morgan fingerprint density at radius 1 is 1.33 bits per heavy atom. The Bertz CT molecular complexity index is 578. The minimum atomic E-state index is 0.610. The molecule has 2 aromatic rings. The number of rotatable bonds is 7. The van der Waals surface area contributed by atoms with Gasteiger partial charge in [0.1, 0.15) is 12.4 Å². The van der Waals surface area contributed by atoms with Gasteiger partial charge >= 0.3 is 0 Å². The maximum Gasteiger partial charge on any atom is 0.141 e. The van der Waals surface area contributed by atoms with E-state index in [1.165, 1.54) is 15.3 Å². The lowest BCUT2D eigenvalue weighted by atomic mass is 10.2. The summed E-state index contributed by atoms with van der Waals surface area (Å²) in [5.74, 6) is 1.55. The van der Waals surface area contributed by atoms with Crippen LogP contribution in [-0.4, -0.2) is 11.5 Å². The molecule has 3 nitrogen and oxygen atoms in total. The predicted molar refractivity (Wildman–Crippen MR) is 88.9 cm³/mol. The predicted octanol–water partition coefficient (Wildman–Crippen LogP) is 4.08. The van der Waals surface area contributed by atoms with E-state index >= 15 is 0 Å². The lowest BCUT2D eigenvalue weighted by Gasteiger charge is -2.07. The highest BCUT2D eigenvalue weighted by molar-refractivity contribution is 7.12. The Hall–Kier alpha value is -1.39. The van der Waals surface area contributed by atoms with Crippen LogP contribution >= 0.6 is 11.3 Å². The number of ether oxygens (including phenoxy) is 1. The third-order valence-corrected chi connectivity index (χ3v) is 4.36. The number of hydrogen-bond acceptors (Lipinski definition) is 4. The zero-order valence-electron chi connectivity index (χ0n) is 13.3. The lowest BCUT2D eigenvalue weighted by Crippen LogP contribution is -2.18. The van der Waals surface area contributed by atoms with Gasteiger partial charge < -0.3 is 10.1 Å². The smallest absolute Gasteiger partial charge is 0.141 e. The molecule has 2 heterocycles. The summed E-state index contributed by atoms with van der Waals surface area (Å²) in [5.41, 5.74) is 2.20. The van der Waals surface area contributed by atoms with Crippen LogP contribution in [0.4, 0.5) is 0 Å². The summed E-state index contributed by atoms with van der Waals surface area (Å²) >= 11 is 1.85. The van der Waals surface area contributed by atoms with Crippen LogP contribution in [0, 0.1) is 19.8 Å². The molecule has 0 amide bonds. The van der Waals surface area contributed by atoms with Gasteiger partial charge in [-0.3, -0.25) is 4.98 Å². The van der Waals surface area contributed by atoms with Gasteiger partial charge in [-0.2, -0.15) is 0 Å². The number of nitrogens with one attached hydrogen (secondary N) is 1. The van der Waals surface area contributed by atoms with E-state index in [-0.39, 0.29) is 0 Å². The van der Waals surface area contributed by atoms with Crippen molar-refractivity contribution < 1.29 is 4.74 Å². The van der Waals surface area contributed by atoms with Gasteiger partial charge in [0.25, 0.3) is 0 Å². The molecule has 0 aliphatic rings. The molecule has 0 spiro atoms. The number of pyridine rings is 1. The first-order valence-corrected chi connectivity index (χ1v) is 8.21. The third-order valence-electron chi connectivity index (χ3n) is 3.27. The Kier molecular flexibility index (Phi) is 5.76. The van der Waals surface area contributed by atoms with E-state index in [9.17, 15) is 0 Å². The first-order valence-electron chi connectivity index (χ1n) is 7.39. The average molecular weight is 304 g/mol. The first kappa shape index (κ1) is 16.0. The maximum atomic E-state index is 5.88. The van der Waals surface area contributed by atoms with Gasteiger partial charge in [0.2, 0.25) is 0 Å². The number of thiophene rings is 1. The topological polar surface area (TPSA) is 34.1 Å². The van der Waals surface area contributed by atoms with Crippen molar-refractivity contribution >= 4 is 11.3 Å². The van der Waals surface area contributed by atoms with Crippen molar-refractivity contribution in [3.8, 4) is 5.75 Å². The monoisotopic (exact) mass is 304 g/mol. The van der Waals surface area contributed by atoms with Crippen LogP contribution in [-0.2, 0) is 13.2 Å². The molecule has 2 rings (SSSR count). The summed E-state index contributed by atoms with van der Waals surface area (Å²) in [5, 5.41) is 3.48. The van der Waals surface area contributed by atoms with E-state index in [1.807, 2.05) is 30.4 Å². The first-order chi connectivity index (χ1) is 10.1. The average Bonchev–Trinajstić information content (AvgIpc) is 2.78. The van der Waals surface area contributed by atoms with E-state index in [4.69, 9.17) is 4.74 Å². The van der Waals surface area contributed by atoms with Crippen LogP contribution in [0.15, 0.2) is 24.4 Å². The van der Waals surface area contributed by atoms with Crippen molar-refractivity contribution in [3.63, 3.8) is 0 Å². The van der Waals surface area contributed by atoms with Gasteiger partial charge in [-0.1, -0.05) is 13.8 Å². The fraction of sp³-hybridized carbons (Fsp3) is 0.471. The Balaban J connectivity index is 1.92. The quantitative estimate of drug-likeness (QED) is 0.837. The summed E-state index contributed by atoms with van der Waals surface area (Å²) in [6, 6.07) is 6.12. The molecule has 1 N–H and O–H groups in total. The number of hydrogen-bond donors (Lipinski definition) is 1. The molecule has 4 heteroatoms. The molecule has 2 aromatic heterocycles. The van der Waals surface area contributed by atoms with Crippen molar-refractivity contribution in [1.82, 2.24) is 10.3 Å². The lowest BCUT2D eigenvalue weighted by molar-refractivity contribution is 0.302. The van der Waals surface area contributed by atoms with E-state index in [2.05, 4.69) is 37.1 Å². The zero-order chi connectivity index (χ0) is 15.2. The van der Waals surface area contributed by atoms with Gasteiger partial charge in [0.15, 0.2) is 0 Å². The summed E-state index contributed by atoms with van der Waals surface area (Å²) < 4.78 is 5.88. The Morgan fingerprint density at radius 2 is 2.14 bits per heavy atom. The van der Waals surface area contributed by atoms with Crippen LogP contribution < -0.4 is 10.1 Å². The molecular weight excluding hydrogens is 280 g/mol. The minimum Gasteiger partial charge on any atom is -0.487 e. The number of aryl methyl sites for hydroxylation is 2. The van der Waals surface area contributed by atoms with E-state index < -0.39 is 0 Å². The highest BCUT2D eigenvalue weighted by Gasteiger charge is 2.07. The Labute approximate surface area is 131 Å². The van der Waals surface area contributed by atoms with Crippen molar-refractivity contribution in [3.05, 3.63) is 45.4 Å². The molecule has 0 saturated heterocycles. The molecule has 0 aliphatic heterocycles. The largest absolute Gasteiger partial charge is 0.487 e. The normalized spacial score (nSPS) is 11.1. The third kappa shape index (κ3) is 4.83. The second-order valence-electron chi connectivity index (χ2n) is 5.69. The second-order valence-corrected chi connectivity index (χ2v) is 7.04. The molecular formula is C17H24N2OS. The molecule has 0 atom stereocenters. The number of nitrogens with zero attached hydrogens (tertiary/aromatic N) is 1. The molecule has 0 saturated carbocycles. The van der Waals surface area contributed by atoms with E-state index in [0.29, 0.717) is 12.5 Å². The summed E-state index contributed by atoms with van der Waals surface area (Å²) in [7, 11) is 0. The molecule has 114 valence electrons. The molecule has 0 radical (unpaired) electrons. The summed E-state index contributed by atoms with van der Waals surface area (Å²) in [4.78, 5) is 6.95. The fourth-order valence-corrected chi connectivity index (χ4v) is 3.10. The molecule has 0 aromatic carbocycles. The van der Waals surface area contributed by atoms with Gasteiger partial charge in [-0.05, 0) is 44.5 Å². The van der Waals surface area contributed by atoms with Gasteiger partial charge in [-0.15, -0.1) is 11.3 Å². The van der Waals surface area contributed by atoms with Crippen LogP contribution in [0.25, 0.3) is 0 Å². The standard InChI is InChI=1S/C17H24N2OS/c1-12(2)9-18-10-16-8-15(14(4)21-16)11-20-17-6-5-7-19-13(17)3/h5-8,12,18H,9-11H2,1-4H3. The van der Waals surface area contributed by atoms with Crippen molar-refractivity contribution in [2.24, 2.45) is 5.92 Å². The fourth-order valence-electron chi connectivity index (χ4n) is 2.08. The van der Waals surface area contributed by atoms with Gasteiger partial charge in [0, 0.05) is 28.1 Å². The van der Waals surface area contributed by atoms with E-state index in [1.54, 1.807) is 6.20 Å². The van der Waals surface area contributed by atoms with Crippen molar-refractivity contribution in [2.45, 2.75) is 40.8 Å². The highest BCUT2D eigenvalue weighted by atomic mass is 32.1. The zero-order valence-corrected chi connectivity index (χ0v) is 14.1. The molecule has 0 aliphatic carbocycles. The van der Waals surface area contributed by atoms with Crippen LogP contribution in [0.1, 0.15) is 34.9 Å². The van der Waals surface area contributed by atoms with Crippen LogP contribution in [0.2, 0.25) is 0 Å². The van der Waals surface area contributed by atoms with E-state index in [0.717, 1.165) is 24.5 Å². The van der Waals surface area contributed by atoms with Gasteiger partial charge in [0.05, 0.1) is 5.69 Å². The molecule has 0 fully saturated rings. The molecule has 0 bridgehead atoms. The minimum absolute atomic E-state index is 0.610. The van der Waals surface area contributed by atoms with Crippen LogP contribution in [0.3, 0.4) is 0 Å². The summed E-state index contributed by atoms with van der Waals surface area (Å²) in [6.45, 7) is 11.2.